The summed E-state index contributed by atoms with van der Waals surface area (Å²) in [5, 5.41) is 3.02. The monoisotopic (exact) mass is 304 g/mol. The summed E-state index contributed by atoms with van der Waals surface area (Å²) in [6.45, 7) is 1.51. The summed E-state index contributed by atoms with van der Waals surface area (Å²) in [5.41, 5.74) is 1.81. The Morgan fingerprint density at radius 1 is 1.24 bits per heavy atom. The number of aryl methyl sites for hydroxylation is 1. The molecule has 2 rings (SSSR count). The number of carbonyl (C=O) groups excluding carboxylic acids is 2. The molecule has 0 saturated heterocycles. The standard InChI is InChI=1S/C15H13ClN2O3/c1-10-2-3-13(12(16)8-10)18-14(19)9-21-15(20)11-4-6-17-7-5-11/h2-8H,9H2,1H3,(H,18,19). The number of rotatable bonds is 4. The Bertz CT molecular complexity index is 659. The topological polar surface area (TPSA) is 68.3 Å². The summed E-state index contributed by atoms with van der Waals surface area (Å²) in [5.74, 6) is -1.04. The average Bonchev–Trinajstić information content (AvgIpc) is 2.48. The van der Waals surface area contributed by atoms with Crippen molar-refractivity contribution in [1.29, 1.82) is 0 Å². The number of nitrogens with zero attached hydrogens (tertiary/aromatic N) is 1. The first-order valence-electron chi connectivity index (χ1n) is 6.19. The van der Waals surface area contributed by atoms with Crippen LogP contribution in [0.2, 0.25) is 5.02 Å². The molecular weight excluding hydrogens is 292 g/mol. The normalized spacial score (nSPS) is 10.0. The van der Waals surface area contributed by atoms with Gasteiger partial charge in [0.1, 0.15) is 0 Å². The summed E-state index contributed by atoms with van der Waals surface area (Å²) in [4.78, 5) is 27.2. The lowest BCUT2D eigenvalue weighted by atomic mass is 10.2. The van der Waals surface area contributed by atoms with E-state index in [2.05, 4.69) is 10.3 Å². The summed E-state index contributed by atoms with van der Waals surface area (Å²) >= 11 is 6.00. The van der Waals surface area contributed by atoms with Gasteiger partial charge >= 0.3 is 5.97 Å². The van der Waals surface area contributed by atoms with Gasteiger partial charge in [-0.1, -0.05) is 17.7 Å². The molecule has 0 radical (unpaired) electrons. The third-order valence-electron chi connectivity index (χ3n) is 2.65. The number of carbonyl (C=O) groups is 2. The summed E-state index contributed by atoms with van der Waals surface area (Å²) < 4.78 is 4.90. The highest BCUT2D eigenvalue weighted by atomic mass is 35.5. The van der Waals surface area contributed by atoms with E-state index in [1.54, 1.807) is 12.1 Å². The van der Waals surface area contributed by atoms with E-state index in [9.17, 15) is 9.59 Å². The maximum atomic E-state index is 11.7. The zero-order valence-electron chi connectivity index (χ0n) is 11.3. The zero-order chi connectivity index (χ0) is 15.2. The second kappa shape index (κ2) is 6.85. The molecule has 5 nitrogen and oxygen atoms in total. The highest BCUT2D eigenvalue weighted by Crippen LogP contribution is 2.22. The molecule has 1 aromatic heterocycles. The van der Waals surface area contributed by atoms with E-state index < -0.39 is 11.9 Å². The molecule has 1 heterocycles. The number of pyridine rings is 1. The van der Waals surface area contributed by atoms with E-state index in [0.717, 1.165) is 5.56 Å². The Morgan fingerprint density at radius 3 is 2.62 bits per heavy atom. The lowest BCUT2D eigenvalue weighted by Crippen LogP contribution is -2.21. The van der Waals surface area contributed by atoms with Crippen LogP contribution in [0.3, 0.4) is 0 Å². The number of hydrogen-bond acceptors (Lipinski definition) is 4. The predicted molar refractivity (Wildman–Crippen MR) is 79.3 cm³/mol. The Balaban J connectivity index is 1.89. The van der Waals surface area contributed by atoms with Crippen LogP contribution < -0.4 is 5.32 Å². The van der Waals surface area contributed by atoms with E-state index in [0.29, 0.717) is 16.3 Å². The van der Waals surface area contributed by atoms with Gasteiger partial charge in [-0.15, -0.1) is 0 Å². The first-order valence-corrected chi connectivity index (χ1v) is 6.57. The molecule has 0 unspecified atom stereocenters. The highest BCUT2D eigenvalue weighted by molar-refractivity contribution is 6.33. The maximum absolute atomic E-state index is 11.7. The lowest BCUT2D eigenvalue weighted by molar-refractivity contribution is -0.119. The number of ether oxygens (including phenoxy) is 1. The van der Waals surface area contributed by atoms with Crippen molar-refractivity contribution in [2.75, 3.05) is 11.9 Å². The Morgan fingerprint density at radius 2 is 1.95 bits per heavy atom. The van der Waals surface area contributed by atoms with Gasteiger partial charge in [-0.05, 0) is 36.8 Å². The third-order valence-corrected chi connectivity index (χ3v) is 2.96. The van der Waals surface area contributed by atoms with Crippen molar-refractivity contribution in [2.45, 2.75) is 6.92 Å². The van der Waals surface area contributed by atoms with Crippen LogP contribution in [0.15, 0.2) is 42.7 Å². The lowest BCUT2D eigenvalue weighted by Gasteiger charge is -2.08. The SMILES string of the molecule is Cc1ccc(NC(=O)COC(=O)c2ccncc2)c(Cl)c1. The fourth-order valence-corrected chi connectivity index (χ4v) is 1.89. The number of anilines is 1. The van der Waals surface area contributed by atoms with Crippen molar-refractivity contribution in [3.8, 4) is 0 Å². The molecule has 0 spiro atoms. The molecular formula is C15H13ClN2O3. The molecule has 1 N–H and O–H groups in total. The van der Waals surface area contributed by atoms with Gasteiger partial charge in [0.15, 0.2) is 6.61 Å². The van der Waals surface area contributed by atoms with Gasteiger partial charge in [0.2, 0.25) is 0 Å². The van der Waals surface area contributed by atoms with Crippen molar-refractivity contribution in [2.24, 2.45) is 0 Å². The van der Waals surface area contributed by atoms with Crippen LogP contribution in [0.25, 0.3) is 0 Å². The third kappa shape index (κ3) is 4.29. The predicted octanol–water partition coefficient (Wildman–Crippen LogP) is 2.84. The first-order chi connectivity index (χ1) is 10.1. The van der Waals surface area contributed by atoms with Crippen LogP contribution in [-0.4, -0.2) is 23.5 Å². The number of hydrogen-bond donors (Lipinski definition) is 1. The molecule has 0 aliphatic heterocycles. The van der Waals surface area contributed by atoms with Crippen LogP contribution in [0.1, 0.15) is 15.9 Å². The van der Waals surface area contributed by atoms with E-state index in [4.69, 9.17) is 16.3 Å². The molecule has 1 aromatic carbocycles. The van der Waals surface area contributed by atoms with Gasteiger partial charge in [-0.2, -0.15) is 0 Å². The molecule has 1 amide bonds. The number of esters is 1. The zero-order valence-corrected chi connectivity index (χ0v) is 12.1. The van der Waals surface area contributed by atoms with Crippen molar-refractivity contribution >= 4 is 29.2 Å². The van der Waals surface area contributed by atoms with Gasteiger partial charge in [0.25, 0.3) is 5.91 Å². The van der Waals surface area contributed by atoms with Crippen LogP contribution in [0.4, 0.5) is 5.69 Å². The molecule has 2 aromatic rings. The van der Waals surface area contributed by atoms with Gasteiger partial charge in [-0.25, -0.2) is 4.79 Å². The molecule has 0 bridgehead atoms. The van der Waals surface area contributed by atoms with Crippen LogP contribution in [0, 0.1) is 6.92 Å². The maximum Gasteiger partial charge on any atom is 0.338 e. The second-order valence-electron chi connectivity index (χ2n) is 4.34. The van der Waals surface area contributed by atoms with Crippen LogP contribution in [-0.2, 0) is 9.53 Å². The van der Waals surface area contributed by atoms with Crippen molar-refractivity contribution in [1.82, 2.24) is 4.98 Å². The van der Waals surface area contributed by atoms with Crippen molar-refractivity contribution in [3.05, 3.63) is 58.9 Å². The molecule has 0 saturated carbocycles. The van der Waals surface area contributed by atoms with E-state index in [1.807, 2.05) is 13.0 Å². The Labute approximate surface area is 126 Å². The Kier molecular flexibility index (Phi) is 4.90. The molecule has 0 aliphatic rings. The molecule has 21 heavy (non-hydrogen) atoms. The van der Waals surface area contributed by atoms with E-state index in [1.165, 1.54) is 24.5 Å². The minimum atomic E-state index is -0.581. The second-order valence-corrected chi connectivity index (χ2v) is 4.75. The van der Waals surface area contributed by atoms with Crippen LogP contribution in [0.5, 0.6) is 0 Å². The van der Waals surface area contributed by atoms with Gasteiger partial charge in [0, 0.05) is 12.4 Å². The number of nitrogens with one attached hydrogen (secondary N) is 1. The quantitative estimate of drug-likeness (QED) is 0.882. The number of halogens is 1. The van der Waals surface area contributed by atoms with Gasteiger partial charge < -0.3 is 10.1 Å². The molecule has 0 aliphatic carbocycles. The fraction of sp³-hybridized carbons (Fsp3) is 0.133. The van der Waals surface area contributed by atoms with Gasteiger partial charge in [-0.3, -0.25) is 9.78 Å². The molecule has 0 atom stereocenters. The smallest absolute Gasteiger partial charge is 0.338 e. The Hall–Kier alpha value is -2.40. The number of benzene rings is 1. The van der Waals surface area contributed by atoms with Gasteiger partial charge in [0.05, 0.1) is 16.3 Å². The minimum absolute atomic E-state index is 0.339. The summed E-state index contributed by atoms with van der Waals surface area (Å²) in [6.07, 6.45) is 2.95. The number of aromatic nitrogens is 1. The van der Waals surface area contributed by atoms with Crippen molar-refractivity contribution < 1.29 is 14.3 Å². The summed E-state index contributed by atoms with van der Waals surface area (Å²) in [7, 11) is 0. The van der Waals surface area contributed by atoms with E-state index in [-0.39, 0.29) is 6.61 Å². The molecule has 108 valence electrons. The van der Waals surface area contributed by atoms with Crippen molar-refractivity contribution in [3.63, 3.8) is 0 Å². The molecule has 0 fully saturated rings. The largest absolute Gasteiger partial charge is 0.452 e. The average molecular weight is 305 g/mol. The fourth-order valence-electron chi connectivity index (χ4n) is 1.61. The minimum Gasteiger partial charge on any atom is -0.452 e. The number of amides is 1. The molecule has 6 heteroatoms. The highest BCUT2D eigenvalue weighted by Gasteiger charge is 2.11. The first kappa shape index (κ1) is 15.0. The van der Waals surface area contributed by atoms with Crippen LogP contribution >= 0.6 is 11.6 Å². The summed E-state index contributed by atoms with van der Waals surface area (Å²) in [6, 6.07) is 8.28. The van der Waals surface area contributed by atoms with E-state index >= 15 is 0 Å².